The van der Waals surface area contributed by atoms with Crippen LogP contribution in [-0.4, -0.2) is 16.0 Å². The predicted molar refractivity (Wildman–Crippen MR) is 112 cm³/mol. The van der Waals surface area contributed by atoms with Gasteiger partial charge in [0.1, 0.15) is 0 Å². The molecule has 4 nitrogen and oxygen atoms in total. The Hall–Kier alpha value is -2.11. The zero-order chi connectivity index (χ0) is 19.0. The van der Waals surface area contributed by atoms with Gasteiger partial charge in [0, 0.05) is 21.4 Å². The SMILES string of the molecule is Cc1ccc(N=Cc2c(C)[nH]n(-c3ccc(Br)c(C)c3C)c2=O)cc1Cl. The standard InChI is InChI=1S/C20H19BrClN3O/c1-11-5-6-15(9-18(11)22)23-10-16-14(4)24-25(20(16)26)19-8-7-17(21)12(2)13(19)3/h5-10,24H,1-4H3. The highest BCUT2D eigenvalue weighted by Crippen LogP contribution is 2.25. The normalized spacial score (nSPS) is 11.5. The van der Waals surface area contributed by atoms with Crippen molar-refractivity contribution in [2.45, 2.75) is 27.7 Å². The summed E-state index contributed by atoms with van der Waals surface area (Å²) in [5.41, 5.74) is 5.84. The molecule has 1 N–H and O–H groups in total. The number of benzene rings is 2. The van der Waals surface area contributed by atoms with E-state index in [-0.39, 0.29) is 5.56 Å². The molecule has 0 bridgehead atoms. The summed E-state index contributed by atoms with van der Waals surface area (Å²) in [6.45, 7) is 7.82. The summed E-state index contributed by atoms with van der Waals surface area (Å²) in [4.78, 5) is 17.3. The molecular formula is C20H19BrClN3O. The highest BCUT2D eigenvalue weighted by atomic mass is 79.9. The van der Waals surface area contributed by atoms with E-state index in [0.29, 0.717) is 16.3 Å². The van der Waals surface area contributed by atoms with Gasteiger partial charge in [-0.05, 0) is 68.7 Å². The van der Waals surface area contributed by atoms with Crippen molar-refractivity contribution in [2.24, 2.45) is 4.99 Å². The van der Waals surface area contributed by atoms with Crippen LogP contribution in [0.5, 0.6) is 0 Å². The van der Waals surface area contributed by atoms with E-state index in [4.69, 9.17) is 11.6 Å². The average molecular weight is 433 g/mol. The number of hydrogen-bond donors (Lipinski definition) is 1. The summed E-state index contributed by atoms with van der Waals surface area (Å²) in [5.74, 6) is 0. The van der Waals surface area contributed by atoms with Gasteiger partial charge in [0.2, 0.25) is 0 Å². The first-order valence-corrected chi connectivity index (χ1v) is 9.34. The van der Waals surface area contributed by atoms with Crippen LogP contribution in [-0.2, 0) is 0 Å². The van der Waals surface area contributed by atoms with E-state index >= 15 is 0 Å². The Kier molecular flexibility index (Phi) is 5.21. The second-order valence-electron chi connectivity index (χ2n) is 6.30. The largest absolute Gasteiger partial charge is 0.295 e. The number of nitrogens with one attached hydrogen (secondary N) is 1. The maximum Gasteiger partial charge on any atom is 0.280 e. The molecule has 6 heteroatoms. The number of aromatic nitrogens is 2. The molecule has 0 radical (unpaired) electrons. The van der Waals surface area contributed by atoms with Crippen molar-refractivity contribution >= 4 is 39.4 Å². The van der Waals surface area contributed by atoms with E-state index in [1.165, 1.54) is 0 Å². The minimum absolute atomic E-state index is 0.130. The second kappa shape index (κ2) is 7.25. The summed E-state index contributed by atoms with van der Waals surface area (Å²) in [7, 11) is 0. The summed E-state index contributed by atoms with van der Waals surface area (Å²) >= 11 is 9.66. The zero-order valence-electron chi connectivity index (χ0n) is 15.0. The van der Waals surface area contributed by atoms with Crippen molar-refractivity contribution in [1.29, 1.82) is 0 Å². The first kappa shape index (κ1) is 18.7. The molecule has 26 heavy (non-hydrogen) atoms. The van der Waals surface area contributed by atoms with E-state index < -0.39 is 0 Å². The highest BCUT2D eigenvalue weighted by molar-refractivity contribution is 9.10. The molecule has 0 saturated heterocycles. The predicted octanol–water partition coefficient (Wildman–Crippen LogP) is 5.57. The Bertz CT molecular complexity index is 1080. The molecule has 134 valence electrons. The maximum absolute atomic E-state index is 12.9. The van der Waals surface area contributed by atoms with E-state index in [1.54, 1.807) is 17.0 Å². The molecule has 1 aromatic heterocycles. The van der Waals surface area contributed by atoms with Crippen LogP contribution in [0.1, 0.15) is 27.9 Å². The van der Waals surface area contributed by atoms with Crippen LogP contribution in [0.4, 0.5) is 5.69 Å². The van der Waals surface area contributed by atoms with Crippen molar-refractivity contribution in [1.82, 2.24) is 9.78 Å². The minimum Gasteiger partial charge on any atom is -0.295 e. The molecule has 0 amide bonds. The third-order valence-electron chi connectivity index (χ3n) is 4.55. The molecule has 0 aliphatic heterocycles. The van der Waals surface area contributed by atoms with Crippen LogP contribution in [0.25, 0.3) is 5.69 Å². The monoisotopic (exact) mass is 431 g/mol. The third-order valence-corrected chi connectivity index (χ3v) is 5.81. The smallest absolute Gasteiger partial charge is 0.280 e. The lowest BCUT2D eigenvalue weighted by Gasteiger charge is -2.10. The fraction of sp³-hybridized carbons (Fsp3) is 0.200. The summed E-state index contributed by atoms with van der Waals surface area (Å²) in [6, 6.07) is 9.44. The third kappa shape index (κ3) is 3.41. The van der Waals surface area contributed by atoms with Gasteiger partial charge < -0.3 is 0 Å². The molecule has 0 fully saturated rings. The van der Waals surface area contributed by atoms with Crippen LogP contribution in [0.2, 0.25) is 5.02 Å². The Labute approximate surface area is 165 Å². The van der Waals surface area contributed by atoms with Gasteiger partial charge in [-0.15, -0.1) is 0 Å². The van der Waals surface area contributed by atoms with Crippen LogP contribution >= 0.6 is 27.5 Å². The first-order chi connectivity index (χ1) is 12.3. The van der Waals surface area contributed by atoms with Gasteiger partial charge in [0.25, 0.3) is 5.56 Å². The lowest BCUT2D eigenvalue weighted by atomic mass is 10.1. The number of aliphatic imine (C=N–C) groups is 1. The molecule has 0 unspecified atom stereocenters. The van der Waals surface area contributed by atoms with Crippen LogP contribution in [0.3, 0.4) is 0 Å². The van der Waals surface area contributed by atoms with Gasteiger partial charge in [-0.3, -0.25) is 14.9 Å². The van der Waals surface area contributed by atoms with Crippen molar-refractivity contribution in [3.05, 3.63) is 78.1 Å². The van der Waals surface area contributed by atoms with Crippen molar-refractivity contribution < 1.29 is 0 Å². The van der Waals surface area contributed by atoms with E-state index in [1.807, 2.05) is 52.0 Å². The Balaban J connectivity index is 2.04. The highest BCUT2D eigenvalue weighted by Gasteiger charge is 2.14. The molecule has 2 aromatic carbocycles. The minimum atomic E-state index is -0.130. The fourth-order valence-corrected chi connectivity index (χ4v) is 3.30. The number of H-pyrrole nitrogens is 1. The molecule has 0 spiro atoms. The van der Waals surface area contributed by atoms with Gasteiger partial charge in [0.15, 0.2) is 0 Å². The van der Waals surface area contributed by atoms with E-state index in [9.17, 15) is 4.79 Å². The zero-order valence-corrected chi connectivity index (χ0v) is 17.4. The molecular weight excluding hydrogens is 414 g/mol. The first-order valence-electron chi connectivity index (χ1n) is 8.17. The Morgan fingerprint density at radius 3 is 2.54 bits per heavy atom. The Morgan fingerprint density at radius 1 is 1.12 bits per heavy atom. The van der Waals surface area contributed by atoms with E-state index in [0.717, 1.165) is 32.5 Å². The average Bonchev–Trinajstić information content (AvgIpc) is 2.88. The van der Waals surface area contributed by atoms with Gasteiger partial charge in [0.05, 0.1) is 16.9 Å². The molecule has 3 rings (SSSR count). The fourth-order valence-electron chi connectivity index (χ4n) is 2.70. The lowest BCUT2D eigenvalue weighted by molar-refractivity contribution is 0.827. The maximum atomic E-state index is 12.9. The van der Waals surface area contributed by atoms with Crippen LogP contribution in [0.15, 0.2) is 44.6 Å². The summed E-state index contributed by atoms with van der Waals surface area (Å²) < 4.78 is 2.58. The van der Waals surface area contributed by atoms with E-state index in [2.05, 4.69) is 26.0 Å². The number of hydrogen-bond acceptors (Lipinski definition) is 2. The Morgan fingerprint density at radius 2 is 1.85 bits per heavy atom. The van der Waals surface area contributed by atoms with Crippen LogP contribution in [0, 0.1) is 27.7 Å². The molecule has 1 heterocycles. The van der Waals surface area contributed by atoms with Crippen molar-refractivity contribution in [3.8, 4) is 5.69 Å². The number of rotatable bonds is 3. The van der Waals surface area contributed by atoms with Crippen molar-refractivity contribution in [2.75, 3.05) is 0 Å². The number of nitrogens with zero attached hydrogens (tertiary/aromatic N) is 2. The van der Waals surface area contributed by atoms with Crippen molar-refractivity contribution in [3.63, 3.8) is 0 Å². The van der Waals surface area contributed by atoms with Gasteiger partial charge >= 0.3 is 0 Å². The molecule has 0 atom stereocenters. The lowest BCUT2D eigenvalue weighted by Crippen LogP contribution is -2.18. The second-order valence-corrected chi connectivity index (χ2v) is 7.56. The number of aryl methyl sites for hydroxylation is 2. The topological polar surface area (TPSA) is 50.1 Å². The molecule has 3 aromatic rings. The number of halogens is 2. The quantitative estimate of drug-likeness (QED) is 0.541. The summed E-state index contributed by atoms with van der Waals surface area (Å²) in [6.07, 6.45) is 1.59. The number of aromatic amines is 1. The van der Waals surface area contributed by atoms with Gasteiger partial charge in [-0.25, -0.2) is 4.68 Å². The summed E-state index contributed by atoms with van der Waals surface area (Å²) in [5, 5.41) is 3.80. The molecule has 0 aliphatic rings. The van der Waals surface area contributed by atoms with Gasteiger partial charge in [-0.2, -0.15) is 0 Å². The van der Waals surface area contributed by atoms with Gasteiger partial charge in [-0.1, -0.05) is 33.6 Å². The molecule has 0 aliphatic carbocycles. The van der Waals surface area contributed by atoms with Crippen LogP contribution < -0.4 is 5.56 Å². The molecule has 0 saturated carbocycles.